The number of fused-ring (bicyclic) bond motifs is 1. The number of Topliss-reactive ketones (excluding diaryl/α,β-unsaturated/α-hetero) is 1. The minimum absolute atomic E-state index is 0.0106. The first-order valence-electron chi connectivity index (χ1n) is 12.5. The van der Waals surface area contributed by atoms with Crippen molar-refractivity contribution in [1.82, 2.24) is 9.13 Å². The number of para-hydroxylation sites is 2. The van der Waals surface area contributed by atoms with Crippen LogP contribution in [0.15, 0.2) is 71.7 Å². The van der Waals surface area contributed by atoms with E-state index in [2.05, 4.69) is 69.3 Å². The number of carbonyl (C=O) groups excluding carboxylic acids is 1. The minimum Gasteiger partial charge on any atom is -0.507 e. The van der Waals surface area contributed by atoms with Gasteiger partial charge in [-0.2, -0.15) is 0 Å². The lowest BCUT2D eigenvalue weighted by atomic mass is 9.78. The number of hydrogen-bond donors (Lipinski definition) is 1. The monoisotopic (exact) mass is 483 g/mol. The Labute approximate surface area is 213 Å². The molecule has 5 heteroatoms. The number of ketones is 1. The molecule has 0 aliphatic rings. The fourth-order valence-electron chi connectivity index (χ4n) is 4.77. The van der Waals surface area contributed by atoms with Gasteiger partial charge in [0.1, 0.15) is 5.75 Å². The first kappa shape index (κ1) is 25.5. The van der Waals surface area contributed by atoms with Gasteiger partial charge in [-0.3, -0.25) is 9.79 Å². The van der Waals surface area contributed by atoms with Crippen LogP contribution in [0.25, 0.3) is 11.0 Å². The van der Waals surface area contributed by atoms with Gasteiger partial charge in [0.2, 0.25) is 5.62 Å². The fourth-order valence-corrected chi connectivity index (χ4v) is 4.77. The predicted molar refractivity (Wildman–Crippen MR) is 147 cm³/mol. The van der Waals surface area contributed by atoms with Gasteiger partial charge in [-0.25, -0.2) is 0 Å². The van der Waals surface area contributed by atoms with Gasteiger partial charge in [0.25, 0.3) is 0 Å². The maximum Gasteiger partial charge on any atom is 0.206 e. The van der Waals surface area contributed by atoms with E-state index in [1.807, 2.05) is 53.1 Å². The zero-order valence-corrected chi connectivity index (χ0v) is 22.5. The average Bonchev–Trinajstić information content (AvgIpc) is 3.10. The van der Waals surface area contributed by atoms with E-state index in [-0.39, 0.29) is 28.9 Å². The molecule has 1 heterocycles. The Hall–Kier alpha value is -3.60. The lowest BCUT2D eigenvalue weighted by Gasteiger charge is -2.28. The summed E-state index contributed by atoms with van der Waals surface area (Å²) in [5, 5.41) is 11.1. The van der Waals surface area contributed by atoms with Crippen LogP contribution in [0.5, 0.6) is 5.75 Å². The highest BCUT2D eigenvalue weighted by molar-refractivity contribution is 5.97. The molecule has 4 rings (SSSR count). The van der Waals surface area contributed by atoms with Gasteiger partial charge in [-0.1, -0.05) is 84.0 Å². The predicted octanol–water partition coefficient (Wildman–Crippen LogP) is 6.21. The number of aromatic hydroxyl groups is 1. The summed E-state index contributed by atoms with van der Waals surface area (Å²) in [6.45, 7) is 13.2. The molecule has 4 aromatic rings. The van der Waals surface area contributed by atoms with Crippen molar-refractivity contribution < 1.29 is 9.90 Å². The van der Waals surface area contributed by atoms with Crippen LogP contribution in [-0.2, 0) is 23.9 Å². The smallest absolute Gasteiger partial charge is 0.206 e. The Bertz CT molecular complexity index is 1440. The lowest BCUT2D eigenvalue weighted by Crippen LogP contribution is -2.29. The molecular weight excluding hydrogens is 446 g/mol. The van der Waals surface area contributed by atoms with Crippen molar-refractivity contribution in [1.29, 1.82) is 0 Å². The van der Waals surface area contributed by atoms with Gasteiger partial charge >= 0.3 is 0 Å². The molecule has 0 amide bonds. The molecule has 0 fully saturated rings. The largest absolute Gasteiger partial charge is 0.507 e. The second kappa shape index (κ2) is 9.45. The molecule has 0 unspecified atom stereocenters. The number of phenols is 1. The van der Waals surface area contributed by atoms with Crippen LogP contribution in [0, 0.1) is 0 Å². The molecule has 0 radical (unpaired) electrons. The summed E-state index contributed by atoms with van der Waals surface area (Å²) >= 11 is 0. The Balaban J connectivity index is 1.84. The van der Waals surface area contributed by atoms with Crippen LogP contribution in [0.4, 0.5) is 0 Å². The molecule has 0 bridgehead atoms. The maximum absolute atomic E-state index is 13.8. The standard InChI is InChI=1S/C31H37N3O2/c1-30(2,3)23-17-22(18-24(28(23)36)31(4,5)6)27(35)20-34-26-16-12-11-15-25(26)33(29(34)32-7)19-21-13-9-8-10-14-21/h8-18,36H,19-20H2,1-7H3. The number of hydrogen-bond acceptors (Lipinski definition) is 3. The molecule has 0 atom stereocenters. The summed E-state index contributed by atoms with van der Waals surface area (Å²) in [6, 6.07) is 22.1. The van der Waals surface area contributed by atoms with E-state index in [1.165, 1.54) is 5.56 Å². The van der Waals surface area contributed by atoms with E-state index in [4.69, 9.17) is 0 Å². The SMILES string of the molecule is CN=c1n(CC(=O)c2cc(C(C)(C)C)c(O)c(C(C)(C)C)c2)c2ccccc2n1Cc1ccccc1. The van der Waals surface area contributed by atoms with E-state index in [1.54, 1.807) is 7.05 Å². The number of nitrogens with zero attached hydrogens (tertiary/aromatic N) is 3. The van der Waals surface area contributed by atoms with Crippen LogP contribution in [-0.4, -0.2) is 27.1 Å². The number of rotatable bonds is 5. The van der Waals surface area contributed by atoms with Crippen molar-refractivity contribution in [3.05, 3.63) is 94.6 Å². The van der Waals surface area contributed by atoms with Crippen molar-refractivity contribution in [3.63, 3.8) is 0 Å². The summed E-state index contributed by atoms with van der Waals surface area (Å²) < 4.78 is 4.16. The molecule has 0 aliphatic heterocycles. The second-order valence-corrected chi connectivity index (χ2v) is 11.5. The highest BCUT2D eigenvalue weighted by Gasteiger charge is 2.28. The van der Waals surface area contributed by atoms with E-state index >= 15 is 0 Å². The van der Waals surface area contributed by atoms with Crippen molar-refractivity contribution >= 4 is 16.8 Å². The maximum atomic E-state index is 13.8. The summed E-state index contributed by atoms with van der Waals surface area (Å²) in [5.74, 6) is 0.270. The minimum atomic E-state index is -0.302. The van der Waals surface area contributed by atoms with E-state index in [0.717, 1.165) is 27.8 Å². The summed E-state index contributed by atoms with van der Waals surface area (Å²) in [6.07, 6.45) is 0. The molecule has 0 saturated heterocycles. The van der Waals surface area contributed by atoms with Crippen LogP contribution in [0.3, 0.4) is 0 Å². The number of phenolic OH excluding ortho intramolecular Hbond substituents is 1. The van der Waals surface area contributed by atoms with Gasteiger partial charge < -0.3 is 14.2 Å². The average molecular weight is 484 g/mol. The van der Waals surface area contributed by atoms with Crippen LogP contribution in [0.2, 0.25) is 0 Å². The van der Waals surface area contributed by atoms with Crippen LogP contribution >= 0.6 is 0 Å². The van der Waals surface area contributed by atoms with E-state index in [0.29, 0.717) is 12.1 Å². The molecule has 0 spiro atoms. The normalized spacial score (nSPS) is 12.9. The second-order valence-electron chi connectivity index (χ2n) is 11.5. The molecular formula is C31H37N3O2. The van der Waals surface area contributed by atoms with Gasteiger partial charge in [-0.15, -0.1) is 0 Å². The molecule has 5 nitrogen and oxygen atoms in total. The third kappa shape index (κ3) is 4.88. The summed E-state index contributed by atoms with van der Waals surface area (Å²) in [7, 11) is 1.77. The van der Waals surface area contributed by atoms with Crippen LogP contribution in [0.1, 0.15) is 68.6 Å². The van der Waals surface area contributed by atoms with Crippen molar-refractivity contribution in [3.8, 4) is 5.75 Å². The molecule has 188 valence electrons. The van der Waals surface area contributed by atoms with Crippen LogP contribution < -0.4 is 5.62 Å². The van der Waals surface area contributed by atoms with Gasteiger partial charge in [0, 0.05) is 23.7 Å². The van der Waals surface area contributed by atoms with Gasteiger partial charge in [-0.05, 0) is 40.7 Å². The summed E-state index contributed by atoms with van der Waals surface area (Å²) in [5.41, 5.74) is 5.50. The zero-order valence-electron chi connectivity index (χ0n) is 22.5. The third-order valence-electron chi connectivity index (χ3n) is 6.68. The first-order chi connectivity index (χ1) is 16.9. The molecule has 36 heavy (non-hydrogen) atoms. The summed E-state index contributed by atoms with van der Waals surface area (Å²) in [4.78, 5) is 18.4. The highest BCUT2D eigenvalue weighted by Crippen LogP contribution is 2.40. The van der Waals surface area contributed by atoms with Gasteiger partial charge in [0.15, 0.2) is 5.78 Å². The molecule has 1 aromatic heterocycles. The molecule has 0 saturated carbocycles. The Kier molecular flexibility index (Phi) is 6.70. The number of benzene rings is 3. The topological polar surface area (TPSA) is 59.5 Å². The molecule has 3 aromatic carbocycles. The van der Waals surface area contributed by atoms with E-state index in [9.17, 15) is 9.90 Å². The lowest BCUT2D eigenvalue weighted by molar-refractivity contribution is 0.0971. The first-order valence-corrected chi connectivity index (χ1v) is 12.5. The number of imidazole rings is 1. The quantitative estimate of drug-likeness (QED) is 0.343. The third-order valence-corrected chi connectivity index (χ3v) is 6.68. The van der Waals surface area contributed by atoms with Crippen molar-refractivity contribution in [2.75, 3.05) is 7.05 Å². The number of aromatic nitrogens is 2. The molecule has 1 N–H and O–H groups in total. The Morgan fingerprint density at radius 3 is 1.81 bits per heavy atom. The molecule has 0 aliphatic carbocycles. The van der Waals surface area contributed by atoms with E-state index < -0.39 is 0 Å². The fraction of sp³-hybridized carbons (Fsp3) is 0.355. The Morgan fingerprint density at radius 1 is 0.806 bits per heavy atom. The van der Waals surface area contributed by atoms with Crippen molar-refractivity contribution in [2.45, 2.75) is 65.5 Å². The van der Waals surface area contributed by atoms with Crippen molar-refractivity contribution in [2.24, 2.45) is 4.99 Å². The zero-order chi connectivity index (χ0) is 26.3. The highest BCUT2D eigenvalue weighted by atomic mass is 16.3. The Morgan fingerprint density at radius 2 is 1.31 bits per heavy atom. The van der Waals surface area contributed by atoms with Gasteiger partial charge in [0.05, 0.1) is 24.1 Å². The number of carbonyl (C=O) groups is 1.